The van der Waals surface area contributed by atoms with Crippen molar-refractivity contribution in [1.82, 2.24) is 4.90 Å². The molecular formula is C31H38N2O6. The van der Waals surface area contributed by atoms with Gasteiger partial charge < -0.3 is 20.3 Å². The molecule has 4 rings (SSSR count). The molecule has 2 aromatic rings. The average molecular weight is 535 g/mol. The van der Waals surface area contributed by atoms with Gasteiger partial charge >= 0.3 is 11.9 Å². The van der Waals surface area contributed by atoms with Gasteiger partial charge in [-0.05, 0) is 68.8 Å². The first kappa shape index (κ1) is 28.4. The van der Waals surface area contributed by atoms with Crippen LogP contribution in [-0.2, 0) is 32.0 Å². The zero-order valence-electron chi connectivity index (χ0n) is 22.2. The number of aliphatic carboxylic acids is 1. The minimum Gasteiger partial charge on any atom is -0.489 e. The van der Waals surface area contributed by atoms with Gasteiger partial charge in [-0.25, -0.2) is 0 Å². The molecule has 1 aliphatic carbocycles. The van der Waals surface area contributed by atoms with Crippen LogP contribution < -0.4 is 10.5 Å². The maximum Gasteiger partial charge on any atom is 0.310 e. The number of nitrogens with zero attached hydrogens (tertiary/aromatic N) is 1. The quantitative estimate of drug-likeness (QED) is 0.315. The summed E-state index contributed by atoms with van der Waals surface area (Å²) in [4.78, 5) is 38.7. The van der Waals surface area contributed by atoms with Crippen molar-refractivity contribution in [2.45, 2.75) is 44.6 Å². The number of piperidine rings is 1. The summed E-state index contributed by atoms with van der Waals surface area (Å²) in [5.41, 5.74) is 7.80. The van der Waals surface area contributed by atoms with Crippen LogP contribution in [0, 0.1) is 17.8 Å². The molecule has 8 nitrogen and oxygen atoms in total. The molecule has 39 heavy (non-hydrogen) atoms. The second-order valence-corrected chi connectivity index (χ2v) is 10.4. The highest BCUT2D eigenvalue weighted by Crippen LogP contribution is 2.28. The molecule has 0 aromatic heterocycles. The second kappa shape index (κ2) is 13.9. The third-order valence-electron chi connectivity index (χ3n) is 7.71. The normalized spacial score (nSPS) is 20.7. The third kappa shape index (κ3) is 8.17. The summed E-state index contributed by atoms with van der Waals surface area (Å²) in [5.74, 6) is -2.70. The van der Waals surface area contributed by atoms with Crippen molar-refractivity contribution < 1.29 is 29.0 Å². The minimum atomic E-state index is -0.991. The number of carboxylic acid groups (broad SMARTS) is 1. The number of esters is 1. The smallest absolute Gasteiger partial charge is 0.310 e. The van der Waals surface area contributed by atoms with Crippen LogP contribution in [-0.4, -0.2) is 60.2 Å². The zero-order chi connectivity index (χ0) is 27.6. The Morgan fingerprint density at radius 2 is 1.59 bits per heavy atom. The molecule has 1 fully saturated rings. The van der Waals surface area contributed by atoms with Crippen molar-refractivity contribution in [3.05, 3.63) is 77.9 Å². The SMILES string of the molecule is NC(=O)C1CCN(CC(COc2ccccc2CCc2ccccc2)OC(=O)C2CC=CCC2C(=O)O)CC1. The summed E-state index contributed by atoms with van der Waals surface area (Å²) < 4.78 is 12.2. The van der Waals surface area contributed by atoms with Crippen LogP contribution in [0.5, 0.6) is 5.75 Å². The fourth-order valence-corrected chi connectivity index (χ4v) is 5.37. The number of ether oxygens (including phenoxy) is 2. The maximum absolute atomic E-state index is 13.2. The van der Waals surface area contributed by atoms with E-state index in [0.29, 0.717) is 45.3 Å². The van der Waals surface area contributed by atoms with Gasteiger partial charge in [0, 0.05) is 12.5 Å². The fourth-order valence-electron chi connectivity index (χ4n) is 5.37. The van der Waals surface area contributed by atoms with Crippen LogP contribution in [0.25, 0.3) is 0 Å². The second-order valence-electron chi connectivity index (χ2n) is 10.4. The first-order chi connectivity index (χ1) is 18.9. The number of hydrogen-bond donors (Lipinski definition) is 2. The molecule has 2 aromatic carbocycles. The molecule has 0 saturated carbocycles. The van der Waals surface area contributed by atoms with Crippen LogP contribution in [0.4, 0.5) is 0 Å². The molecule has 3 atom stereocenters. The van der Waals surface area contributed by atoms with Crippen LogP contribution in [0.1, 0.15) is 36.8 Å². The lowest BCUT2D eigenvalue weighted by atomic mass is 9.83. The van der Waals surface area contributed by atoms with Gasteiger partial charge in [0.2, 0.25) is 5.91 Å². The summed E-state index contributed by atoms with van der Waals surface area (Å²) in [6.07, 6.45) is 6.71. The summed E-state index contributed by atoms with van der Waals surface area (Å²) in [5, 5.41) is 9.63. The lowest BCUT2D eigenvalue weighted by Gasteiger charge is -2.33. The van der Waals surface area contributed by atoms with E-state index >= 15 is 0 Å². The third-order valence-corrected chi connectivity index (χ3v) is 7.71. The Labute approximate surface area is 229 Å². The van der Waals surface area contributed by atoms with E-state index in [-0.39, 0.29) is 18.4 Å². The minimum absolute atomic E-state index is 0.139. The van der Waals surface area contributed by atoms with E-state index in [1.807, 2.05) is 48.5 Å². The molecular weight excluding hydrogens is 496 g/mol. The molecule has 0 spiro atoms. The summed E-state index contributed by atoms with van der Waals surface area (Å²) in [6, 6.07) is 18.1. The van der Waals surface area contributed by atoms with Crippen molar-refractivity contribution in [1.29, 1.82) is 0 Å². The number of hydrogen-bond acceptors (Lipinski definition) is 6. The van der Waals surface area contributed by atoms with Gasteiger partial charge in [0.05, 0.1) is 11.8 Å². The van der Waals surface area contributed by atoms with E-state index < -0.39 is 29.9 Å². The fraction of sp³-hybridized carbons (Fsp3) is 0.452. The number of nitrogens with two attached hydrogens (primary N) is 1. The van der Waals surface area contributed by atoms with Gasteiger partial charge in [-0.2, -0.15) is 0 Å². The van der Waals surface area contributed by atoms with E-state index in [4.69, 9.17) is 15.2 Å². The van der Waals surface area contributed by atoms with E-state index in [1.54, 1.807) is 6.08 Å². The molecule has 2 aliphatic rings. The van der Waals surface area contributed by atoms with Gasteiger partial charge in [0.25, 0.3) is 0 Å². The van der Waals surface area contributed by atoms with Crippen molar-refractivity contribution >= 4 is 17.8 Å². The number of allylic oxidation sites excluding steroid dienone is 2. The number of primary amides is 1. The lowest BCUT2D eigenvalue weighted by molar-refractivity contribution is -0.164. The Hall–Kier alpha value is -3.65. The van der Waals surface area contributed by atoms with Gasteiger partial charge in [0.15, 0.2) is 0 Å². The van der Waals surface area contributed by atoms with Crippen molar-refractivity contribution in [3.8, 4) is 5.75 Å². The molecule has 0 bridgehead atoms. The van der Waals surface area contributed by atoms with Crippen LogP contribution >= 0.6 is 0 Å². The molecule has 8 heteroatoms. The number of amides is 1. The Kier molecular flexibility index (Phi) is 10.1. The Morgan fingerprint density at radius 1 is 0.923 bits per heavy atom. The lowest BCUT2D eigenvalue weighted by Crippen LogP contribution is -2.45. The van der Waals surface area contributed by atoms with E-state index in [2.05, 4.69) is 17.0 Å². The highest BCUT2D eigenvalue weighted by molar-refractivity contribution is 5.82. The molecule has 1 heterocycles. The van der Waals surface area contributed by atoms with E-state index in [1.165, 1.54) is 5.56 Å². The largest absolute Gasteiger partial charge is 0.489 e. The van der Waals surface area contributed by atoms with E-state index in [0.717, 1.165) is 24.2 Å². The predicted octanol–water partition coefficient (Wildman–Crippen LogP) is 3.63. The van der Waals surface area contributed by atoms with Crippen molar-refractivity contribution in [2.75, 3.05) is 26.2 Å². The summed E-state index contributed by atoms with van der Waals surface area (Å²) >= 11 is 0. The number of rotatable bonds is 12. The number of likely N-dealkylation sites (tertiary alicyclic amines) is 1. The first-order valence-electron chi connectivity index (χ1n) is 13.7. The van der Waals surface area contributed by atoms with Gasteiger partial charge in [-0.3, -0.25) is 19.3 Å². The number of aryl methyl sites for hydroxylation is 2. The number of benzene rings is 2. The first-order valence-corrected chi connectivity index (χ1v) is 13.7. The Balaban J connectivity index is 1.43. The average Bonchev–Trinajstić information content (AvgIpc) is 2.96. The molecule has 3 N–H and O–H groups in total. The molecule has 1 amide bonds. The van der Waals surface area contributed by atoms with Crippen LogP contribution in [0.2, 0.25) is 0 Å². The van der Waals surface area contributed by atoms with Crippen LogP contribution in [0.15, 0.2) is 66.7 Å². The monoisotopic (exact) mass is 534 g/mol. The Morgan fingerprint density at radius 3 is 2.28 bits per heavy atom. The Bertz CT molecular complexity index is 1140. The highest BCUT2D eigenvalue weighted by Gasteiger charge is 2.37. The predicted molar refractivity (Wildman–Crippen MR) is 147 cm³/mol. The highest BCUT2D eigenvalue weighted by atomic mass is 16.6. The number of carboxylic acids is 1. The molecule has 0 radical (unpaired) electrons. The maximum atomic E-state index is 13.2. The van der Waals surface area contributed by atoms with Crippen molar-refractivity contribution in [3.63, 3.8) is 0 Å². The zero-order valence-corrected chi connectivity index (χ0v) is 22.2. The summed E-state index contributed by atoms with van der Waals surface area (Å²) in [7, 11) is 0. The summed E-state index contributed by atoms with van der Waals surface area (Å²) in [6.45, 7) is 1.91. The number of carbonyl (C=O) groups is 3. The number of carbonyl (C=O) groups excluding carboxylic acids is 2. The molecule has 3 unspecified atom stereocenters. The topological polar surface area (TPSA) is 119 Å². The number of para-hydroxylation sites is 1. The van der Waals surface area contributed by atoms with Gasteiger partial charge in [-0.1, -0.05) is 60.7 Å². The van der Waals surface area contributed by atoms with E-state index in [9.17, 15) is 19.5 Å². The van der Waals surface area contributed by atoms with Crippen LogP contribution in [0.3, 0.4) is 0 Å². The van der Waals surface area contributed by atoms with Gasteiger partial charge in [-0.15, -0.1) is 0 Å². The standard InChI is InChI=1S/C31H38N2O6/c32-29(34)24-16-18-33(19-17-24)20-25(39-31(37)27-12-6-5-11-26(27)30(35)36)21-38-28-13-7-4-10-23(28)15-14-22-8-2-1-3-9-22/h1-10,13,24-27H,11-12,14-21H2,(H2,32,34)(H,35,36). The van der Waals surface area contributed by atoms with Crippen molar-refractivity contribution in [2.24, 2.45) is 23.5 Å². The van der Waals surface area contributed by atoms with Gasteiger partial charge in [0.1, 0.15) is 18.5 Å². The molecule has 1 aliphatic heterocycles. The molecule has 1 saturated heterocycles. The molecule has 208 valence electrons.